The van der Waals surface area contributed by atoms with Crippen molar-refractivity contribution in [2.75, 3.05) is 0 Å². The number of hydrogen-bond acceptors (Lipinski definition) is 2. The van der Waals surface area contributed by atoms with Gasteiger partial charge in [0, 0.05) is 15.2 Å². The van der Waals surface area contributed by atoms with Gasteiger partial charge in [-0.15, -0.1) is 11.3 Å². The van der Waals surface area contributed by atoms with Crippen LogP contribution in [-0.4, -0.2) is 0 Å². The summed E-state index contributed by atoms with van der Waals surface area (Å²) >= 11 is 5.41. The molecular weight excluding hydrogens is 342 g/mol. The van der Waals surface area contributed by atoms with Gasteiger partial charge in [0.1, 0.15) is 0 Å². The van der Waals surface area contributed by atoms with Crippen molar-refractivity contribution in [2.24, 2.45) is 5.73 Å². The highest BCUT2D eigenvalue weighted by molar-refractivity contribution is 9.10. The fraction of sp³-hybridized carbons (Fsp3) is 0.222. The molecule has 1 heterocycles. The van der Waals surface area contributed by atoms with Crippen molar-refractivity contribution in [1.29, 1.82) is 0 Å². The summed E-state index contributed by atoms with van der Waals surface area (Å²) in [7, 11) is 0. The molecule has 2 N–H and O–H groups in total. The minimum absolute atomic E-state index is 0.0357. The normalized spacial score (nSPS) is 12.8. The van der Waals surface area contributed by atoms with Gasteiger partial charge in [0.2, 0.25) is 0 Å². The molecular formula is C18H18BrNS. The van der Waals surface area contributed by atoms with Crippen LogP contribution in [-0.2, 0) is 6.42 Å². The van der Waals surface area contributed by atoms with Crippen LogP contribution in [0.4, 0.5) is 0 Å². The van der Waals surface area contributed by atoms with Gasteiger partial charge in [0.05, 0.1) is 0 Å². The van der Waals surface area contributed by atoms with Crippen molar-refractivity contribution >= 4 is 37.4 Å². The number of halogens is 1. The van der Waals surface area contributed by atoms with Crippen LogP contribution in [0, 0.1) is 13.8 Å². The van der Waals surface area contributed by atoms with E-state index in [9.17, 15) is 0 Å². The van der Waals surface area contributed by atoms with Crippen LogP contribution < -0.4 is 5.73 Å². The van der Waals surface area contributed by atoms with E-state index in [2.05, 4.69) is 71.6 Å². The van der Waals surface area contributed by atoms with Gasteiger partial charge in [-0.2, -0.15) is 0 Å². The Kier molecular flexibility index (Phi) is 4.16. The lowest BCUT2D eigenvalue weighted by molar-refractivity contribution is 0.725. The monoisotopic (exact) mass is 359 g/mol. The number of thiophene rings is 1. The first kappa shape index (κ1) is 14.8. The maximum atomic E-state index is 6.45. The van der Waals surface area contributed by atoms with Gasteiger partial charge >= 0.3 is 0 Å². The largest absolute Gasteiger partial charge is 0.324 e. The van der Waals surface area contributed by atoms with Crippen molar-refractivity contribution < 1.29 is 0 Å². The number of rotatable bonds is 3. The fourth-order valence-electron chi connectivity index (χ4n) is 2.74. The number of hydrogen-bond donors (Lipinski definition) is 1. The standard InChI is InChI=1S/C18H18BrNS/c1-11-7-13(8-12(2)18(11)19)16(20)9-14-10-21-17-6-4-3-5-15(14)17/h3-8,10,16H,9,20H2,1-2H3. The highest BCUT2D eigenvalue weighted by atomic mass is 79.9. The Balaban J connectivity index is 1.91. The number of benzene rings is 2. The summed E-state index contributed by atoms with van der Waals surface area (Å²) in [4.78, 5) is 0. The summed E-state index contributed by atoms with van der Waals surface area (Å²) in [6.07, 6.45) is 0.879. The van der Waals surface area contributed by atoms with E-state index in [0.717, 1.165) is 6.42 Å². The van der Waals surface area contributed by atoms with Crippen molar-refractivity contribution in [1.82, 2.24) is 0 Å². The predicted molar refractivity (Wildman–Crippen MR) is 96.1 cm³/mol. The lowest BCUT2D eigenvalue weighted by Crippen LogP contribution is -2.13. The van der Waals surface area contributed by atoms with Crippen LogP contribution in [0.1, 0.15) is 28.3 Å². The molecule has 3 rings (SSSR count). The van der Waals surface area contributed by atoms with E-state index in [0.29, 0.717) is 0 Å². The molecule has 0 fully saturated rings. The third-order valence-electron chi connectivity index (χ3n) is 3.89. The van der Waals surface area contributed by atoms with Crippen LogP contribution in [0.3, 0.4) is 0 Å². The first-order valence-electron chi connectivity index (χ1n) is 7.03. The van der Waals surface area contributed by atoms with Gasteiger partial charge in [-0.3, -0.25) is 0 Å². The summed E-state index contributed by atoms with van der Waals surface area (Å²) in [6, 6.07) is 13.0. The third-order valence-corrected chi connectivity index (χ3v) is 6.15. The zero-order chi connectivity index (χ0) is 15.0. The molecule has 0 amide bonds. The number of nitrogens with two attached hydrogens (primary N) is 1. The van der Waals surface area contributed by atoms with E-state index < -0.39 is 0 Å². The molecule has 3 aromatic rings. The topological polar surface area (TPSA) is 26.0 Å². The van der Waals surface area contributed by atoms with Crippen molar-refractivity contribution in [2.45, 2.75) is 26.3 Å². The second-order valence-corrected chi connectivity index (χ2v) is 7.24. The van der Waals surface area contributed by atoms with Gasteiger partial charge in [-0.1, -0.05) is 46.3 Å². The molecule has 1 atom stereocenters. The van der Waals surface area contributed by atoms with Gasteiger partial charge in [0.25, 0.3) is 0 Å². The summed E-state index contributed by atoms with van der Waals surface area (Å²) < 4.78 is 2.52. The van der Waals surface area contributed by atoms with Gasteiger partial charge in [-0.05, 0) is 59.4 Å². The first-order chi connectivity index (χ1) is 10.1. The van der Waals surface area contributed by atoms with Gasteiger partial charge in [0.15, 0.2) is 0 Å². The first-order valence-corrected chi connectivity index (χ1v) is 8.71. The molecule has 108 valence electrons. The van der Waals surface area contributed by atoms with Crippen LogP contribution in [0.15, 0.2) is 46.3 Å². The Bertz CT molecular complexity index is 768. The molecule has 0 radical (unpaired) electrons. The van der Waals surface area contributed by atoms with Crippen molar-refractivity contribution in [3.05, 3.63) is 68.5 Å². The van der Waals surface area contributed by atoms with Crippen LogP contribution in [0.25, 0.3) is 10.1 Å². The summed E-state index contributed by atoms with van der Waals surface area (Å²) in [6.45, 7) is 4.24. The SMILES string of the molecule is Cc1cc(C(N)Cc2csc3ccccc23)cc(C)c1Br. The Morgan fingerprint density at radius 2 is 1.81 bits per heavy atom. The maximum Gasteiger partial charge on any atom is 0.0345 e. The molecule has 2 aromatic carbocycles. The van der Waals surface area contributed by atoms with Crippen molar-refractivity contribution in [3.63, 3.8) is 0 Å². The molecule has 21 heavy (non-hydrogen) atoms. The Morgan fingerprint density at radius 3 is 2.52 bits per heavy atom. The Hall–Kier alpha value is -1.16. The quantitative estimate of drug-likeness (QED) is 0.654. The molecule has 1 unspecified atom stereocenters. The van der Waals surface area contributed by atoms with E-state index in [1.54, 1.807) is 11.3 Å². The molecule has 0 saturated heterocycles. The lowest BCUT2D eigenvalue weighted by Gasteiger charge is -2.15. The average molecular weight is 360 g/mol. The fourth-order valence-corrected chi connectivity index (χ4v) is 3.94. The second-order valence-electron chi connectivity index (χ2n) is 5.54. The average Bonchev–Trinajstić information content (AvgIpc) is 2.87. The van der Waals surface area contributed by atoms with E-state index in [1.165, 1.54) is 36.8 Å². The zero-order valence-corrected chi connectivity index (χ0v) is 14.6. The van der Waals surface area contributed by atoms with Gasteiger partial charge < -0.3 is 5.73 Å². The molecule has 0 aliphatic carbocycles. The van der Waals surface area contributed by atoms with E-state index in [1.807, 2.05) is 0 Å². The summed E-state index contributed by atoms with van der Waals surface area (Å²) in [5, 5.41) is 3.58. The second kappa shape index (κ2) is 5.91. The van der Waals surface area contributed by atoms with E-state index in [-0.39, 0.29) is 6.04 Å². The van der Waals surface area contributed by atoms with Crippen LogP contribution in [0.2, 0.25) is 0 Å². The molecule has 0 saturated carbocycles. The zero-order valence-electron chi connectivity index (χ0n) is 12.2. The number of fused-ring (bicyclic) bond motifs is 1. The summed E-state index contributed by atoms with van der Waals surface area (Å²) in [5.41, 5.74) is 11.5. The third kappa shape index (κ3) is 2.91. The lowest BCUT2D eigenvalue weighted by atomic mass is 9.96. The van der Waals surface area contributed by atoms with E-state index in [4.69, 9.17) is 5.73 Å². The highest BCUT2D eigenvalue weighted by Gasteiger charge is 2.13. The van der Waals surface area contributed by atoms with Crippen LogP contribution >= 0.6 is 27.3 Å². The van der Waals surface area contributed by atoms with E-state index >= 15 is 0 Å². The molecule has 0 spiro atoms. The van der Waals surface area contributed by atoms with Gasteiger partial charge in [-0.25, -0.2) is 0 Å². The predicted octanol–water partition coefficient (Wildman–Crippen LogP) is 5.52. The molecule has 0 aliphatic rings. The summed E-state index contributed by atoms with van der Waals surface area (Å²) in [5.74, 6) is 0. The Labute approximate surface area is 137 Å². The van der Waals surface area contributed by atoms with Crippen molar-refractivity contribution in [3.8, 4) is 0 Å². The smallest absolute Gasteiger partial charge is 0.0345 e. The molecule has 3 heteroatoms. The number of aryl methyl sites for hydroxylation is 2. The minimum atomic E-state index is 0.0357. The Morgan fingerprint density at radius 1 is 1.14 bits per heavy atom. The molecule has 1 nitrogen and oxygen atoms in total. The maximum absolute atomic E-state index is 6.45. The molecule has 0 bridgehead atoms. The highest BCUT2D eigenvalue weighted by Crippen LogP contribution is 2.30. The molecule has 1 aromatic heterocycles. The molecule has 0 aliphatic heterocycles. The van der Waals surface area contributed by atoms with Crippen LogP contribution in [0.5, 0.6) is 0 Å². The minimum Gasteiger partial charge on any atom is -0.324 e.